The fourth-order valence-corrected chi connectivity index (χ4v) is 3.60. The zero-order chi connectivity index (χ0) is 24.8. The second-order valence-electron chi connectivity index (χ2n) is 8.67. The van der Waals surface area contributed by atoms with E-state index in [1.54, 1.807) is 6.92 Å². The van der Waals surface area contributed by atoms with Gasteiger partial charge < -0.3 is 18.9 Å². The summed E-state index contributed by atoms with van der Waals surface area (Å²) in [6.45, 7) is 12.6. The molecule has 0 aromatic heterocycles. The van der Waals surface area contributed by atoms with Gasteiger partial charge in [0.15, 0.2) is 23.0 Å². The first-order valence-corrected chi connectivity index (χ1v) is 12.8. The summed E-state index contributed by atoms with van der Waals surface area (Å²) in [5.41, 5.74) is 2.14. The molecule has 0 atom stereocenters. The minimum absolute atomic E-state index is 0.136. The summed E-state index contributed by atoms with van der Waals surface area (Å²) in [5, 5.41) is 0. The molecule has 0 aliphatic heterocycles. The van der Waals surface area contributed by atoms with E-state index in [9.17, 15) is 4.79 Å². The first-order valence-electron chi connectivity index (χ1n) is 12.8. The van der Waals surface area contributed by atoms with E-state index in [4.69, 9.17) is 18.9 Å². The minimum Gasteiger partial charge on any atom is -0.490 e. The molecular weight excluding hydrogens is 428 g/mol. The Labute approximate surface area is 205 Å². The molecule has 0 N–H and O–H groups in total. The summed E-state index contributed by atoms with van der Waals surface area (Å²) < 4.78 is 23.6. The third-order valence-corrected chi connectivity index (χ3v) is 5.40. The van der Waals surface area contributed by atoms with Gasteiger partial charge in [-0.25, -0.2) is 0 Å². The highest BCUT2D eigenvalue weighted by Gasteiger charge is 2.19. The van der Waals surface area contributed by atoms with Gasteiger partial charge in [-0.15, -0.1) is 0 Å². The molecule has 0 amide bonds. The van der Waals surface area contributed by atoms with E-state index in [0.717, 1.165) is 59.8 Å². The van der Waals surface area contributed by atoms with E-state index >= 15 is 0 Å². The van der Waals surface area contributed by atoms with Crippen molar-refractivity contribution in [2.24, 2.45) is 5.92 Å². The highest BCUT2D eigenvalue weighted by molar-refractivity contribution is 5.79. The molecule has 0 spiro atoms. The van der Waals surface area contributed by atoms with Crippen molar-refractivity contribution in [1.29, 1.82) is 0 Å². The fourth-order valence-electron chi connectivity index (χ4n) is 3.60. The van der Waals surface area contributed by atoms with Crippen LogP contribution in [0.2, 0.25) is 0 Å². The molecule has 188 valence electrons. The number of Topliss-reactive ketones (excluding diaryl/α,β-unsaturated/α-hetero) is 1. The first-order chi connectivity index (χ1) is 16.5. The lowest BCUT2D eigenvalue weighted by Crippen LogP contribution is -2.17. The smallest absolute Gasteiger partial charge is 0.161 e. The van der Waals surface area contributed by atoms with Crippen LogP contribution in [0, 0.1) is 5.92 Å². The maximum absolute atomic E-state index is 12.6. The number of hydrogen-bond acceptors (Lipinski definition) is 5. The standard InChI is InChI=1S/C29H42O5/c1-6-14-31-26-12-10-23(20-28(26)33-16-8-3)18-25(22(5)30)19-24-11-13-27(32-15-7-2)29(21-24)34-17-9-4/h10-13,20-21,25H,6-9,14-19H2,1-5H3. The summed E-state index contributed by atoms with van der Waals surface area (Å²) in [4.78, 5) is 12.6. The van der Waals surface area contributed by atoms with E-state index in [-0.39, 0.29) is 11.7 Å². The molecule has 34 heavy (non-hydrogen) atoms. The predicted octanol–water partition coefficient (Wildman–Crippen LogP) is 6.83. The number of benzene rings is 2. The van der Waals surface area contributed by atoms with Gasteiger partial charge in [-0.1, -0.05) is 39.8 Å². The second-order valence-corrected chi connectivity index (χ2v) is 8.67. The van der Waals surface area contributed by atoms with Crippen molar-refractivity contribution >= 4 is 5.78 Å². The zero-order valence-corrected chi connectivity index (χ0v) is 21.7. The van der Waals surface area contributed by atoms with Gasteiger partial charge in [-0.05, 0) is 80.8 Å². The van der Waals surface area contributed by atoms with Crippen molar-refractivity contribution in [1.82, 2.24) is 0 Å². The minimum atomic E-state index is -0.136. The van der Waals surface area contributed by atoms with Gasteiger partial charge in [0.1, 0.15) is 5.78 Å². The van der Waals surface area contributed by atoms with Gasteiger partial charge in [0.05, 0.1) is 26.4 Å². The van der Waals surface area contributed by atoms with Gasteiger partial charge in [-0.3, -0.25) is 4.79 Å². The average molecular weight is 471 g/mol. The number of ketones is 1. The number of hydrogen-bond donors (Lipinski definition) is 0. The van der Waals surface area contributed by atoms with E-state index in [2.05, 4.69) is 27.7 Å². The van der Waals surface area contributed by atoms with E-state index < -0.39 is 0 Å². The lowest BCUT2D eigenvalue weighted by molar-refractivity contribution is -0.120. The summed E-state index contributed by atoms with van der Waals surface area (Å²) in [7, 11) is 0. The molecule has 0 aliphatic carbocycles. The van der Waals surface area contributed by atoms with Gasteiger partial charge in [-0.2, -0.15) is 0 Å². The monoisotopic (exact) mass is 470 g/mol. The number of carbonyl (C=O) groups excluding carboxylic acids is 1. The largest absolute Gasteiger partial charge is 0.490 e. The van der Waals surface area contributed by atoms with Crippen LogP contribution in [-0.4, -0.2) is 32.2 Å². The topological polar surface area (TPSA) is 54.0 Å². The Morgan fingerprint density at radius 1 is 0.618 bits per heavy atom. The fraction of sp³-hybridized carbons (Fsp3) is 0.552. The molecule has 0 radical (unpaired) electrons. The summed E-state index contributed by atoms with van der Waals surface area (Å²) in [5.74, 6) is 3.07. The van der Waals surface area contributed by atoms with Crippen LogP contribution in [0.3, 0.4) is 0 Å². The number of rotatable bonds is 17. The molecule has 0 saturated heterocycles. The van der Waals surface area contributed by atoms with Crippen molar-refractivity contribution in [3.63, 3.8) is 0 Å². The third-order valence-electron chi connectivity index (χ3n) is 5.40. The van der Waals surface area contributed by atoms with Crippen LogP contribution in [0.5, 0.6) is 23.0 Å². The summed E-state index contributed by atoms with van der Waals surface area (Å²) in [6, 6.07) is 12.0. The third kappa shape index (κ3) is 8.92. The Morgan fingerprint density at radius 3 is 1.29 bits per heavy atom. The Bertz CT molecular complexity index is 811. The van der Waals surface area contributed by atoms with Crippen LogP contribution >= 0.6 is 0 Å². The second kappa shape index (κ2) is 15.3. The molecule has 5 heteroatoms. The highest BCUT2D eigenvalue weighted by atomic mass is 16.5. The Kier molecular flexibility index (Phi) is 12.4. The maximum Gasteiger partial charge on any atom is 0.161 e. The van der Waals surface area contributed by atoms with Crippen LogP contribution < -0.4 is 18.9 Å². The van der Waals surface area contributed by atoms with Crippen LogP contribution in [-0.2, 0) is 17.6 Å². The SMILES string of the molecule is CCCOc1ccc(CC(Cc2ccc(OCCC)c(OCCC)c2)C(C)=O)cc1OCCC. The van der Waals surface area contributed by atoms with E-state index in [0.29, 0.717) is 39.3 Å². The molecule has 5 nitrogen and oxygen atoms in total. The van der Waals surface area contributed by atoms with Gasteiger partial charge in [0.25, 0.3) is 0 Å². The van der Waals surface area contributed by atoms with Crippen molar-refractivity contribution in [2.75, 3.05) is 26.4 Å². The van der Waals surface area contributed by atoms with E-state index in [1.807, 2.05) is 36.4 Å². The van der Waals surface area contributed by atoms with Crippen molar-refractivity contribution in [2.45, 2.75) is 73.1 Å². The molecule has 0 heterocycles. The van der Waals surface area contributed by atoms with Crippen LogP contribution in [0.25, 0.3) is 0 Å². The molecule has 0 fully saturated rings. The normalized spacial score (nSPS) is 10.9. The van der Waals surface area contributed by atoms with Crippen LogP contribution in [0.1, 0.15) is 71.4 Å². The van der Waals surface area contributed by atoms with Gasteiger partial charge >= 0.3 is 0 Å². The maximum atomic E-state index is 12.6. The van der Waals surface area contributed by atoms with Gasteiger partial charge in [0, 0.05) is 5.92 Å². The summed E-state index contributed by atoms with van der Waals surface area (Å²) >= 11 is 0. The molecule has 2 rings (SSSR count). The van der Waals surface area contributed by atoms with E-state index in [1.165, 1.54) is 0 Å². The molecular formula is C29H42O5. The molecule has 0 saturated carbocycles. The van der Waals surface area contributed by atoms with Crippen molar-refractivity contribution in [3.05, 3.63) is 47.5 Å². The van der Waals surface area contributed by atoms with Crippen LogP contribution in [0.15, 0.2) is 36.4 Å². The molecule has 0 bridgehead atoms. The van der Waals surface area contributed by atoms with Crippen molar-refractivity contribution in [3.8, 4) is 23.0 Å². The lowest BCUT2D eigenvalue weighted by Gasteiger charge is -2.18. The Balaban J connectivity index is 2.20. The highest BCUT2D eigenvalue weighted by Crippen LogP contribution is 2.32. The van der Waals surface area contributed by atoms with Gasteiger partial charge in [0.2, 0.25) is 0 Å². The van der Waals surface area contributed by atoms with Crippen LogP contribution in [0.4, 0.5) is 0 Å². The molecule has 0 unspecified atom stereocenters. The summed E-state index contributed by atoms with van der Waals surface area (Å²) in [6.07, 6.45) is 5.01. The molecule has 2 aromatic rings. The Hall–Kier alpha value is -2.69. The first kappa shape index (κ1) is 27.6. The quantitative estimate of drug-likeness (QED) is 0.254. The molecule has 2 aromatic carbocycles. The Morgan fingerprint density at radius 2 is 0.971 bits per heavy atom. The average Bonchev–Trinajstić information content (AvgIpc) is 2.84. The lowest BCUT2D eigenvalue weighted by atomic mass is 9.89. The number of carbonyl (C=O) groups is 1. The predicted molar refractivity (Wildman–Crippen MR) is 138 cm³/mol. The zero-order valence-electron chi connectivity index (χ0n) is 21.7. The molecule has 0 aliphatic rings. The number of ether oxygens (including phenoxy) is 4. The van der Waals surface area contributed by atoms with Crippen molar-refractivity contribution < 1.29 is 23.7 Å².